The van der Waals surface area contributed by atoms with Crippen molar-refractivity contribution in [2.75, 3.05) is 5.75 Å². The lowest BCUT2D eigenvalue weighted by atomic mass is 10.0. The average molecular weight is 350 g/mol. The van der Waals surface area contributed by atoms with E-state index in [4.69, 9.17) is 0 Å². The molecule has 0 saturated heterocycles. The van der Waals surface area contributed by atoms with Gasteiger partial charge in [0.1, 0.15) is 5.01 Å². The zero-order chi connectivity index (χ0) is 16.2. The quantitative estimate of drug-likeness (QED) is 0.634. The molecule has 122 valence electrons. The first-order valence-corrected chi connectivity index (χ1v) is 9.35. The van der Waals surface area contributed by atoms with Crippen molar-refractivity contribution in [1.29, 1.82) is 0 Å². The molecular weight excluding hydrogens is 332 g/mol. The number of carbonyl (C=O) groups excluding carboxylic acids is 1. The number of hydrogen-bond donors (Lipinski definition) is 2. The van der Waals surface area contributed by atoms with E-state index < -0.39 is 0 Å². The van der Waals surface area contributed by atoms with Crippen LogP contribution in [0.3, 0.4) is 0 Å². The molecule has 23 heavy (non-hydrogen) atoms. The predicted molar refractivity (Wildman–Crippen MR) is 90.9 cm³/mol. The number of thiazole rings is 1. The Bertz CT molecular complexity index is 746. The van der Waals surface area contributed by atoms with Gasteiger partial charge in [0, 0.05) is 16.6 Å². The molecule has 1 aliphatic rings. The van der Waals surface area contributed by atoms with Crippen LogP contribution < -0.4 is 10.9 Å². The summed E-state index contributed by atoms with van der Waals surface area (Å²) < 4.78 is 0. The Morgan fingerprint density at radius 3 is 3.00 bits per heavy atom. The van der Waals surface area contributed by atoms with Crippen molar-refractivity contribution in [3.63, 3.8) is 0 Å². The number of amides is 1. The minimum atomic E-state index is -0.200. The first-order chi connectivity index (χ1) is 11.1. The molecule has 0 atom stereocenters. The van der Waals surface area contributed by atoms with Crippen molar-refractivity contribution in [3.8, 4) is 0 Å². The van der Waals surface area contributed by atoms with Gasteiger partial charge in [-0.2, -0.15) is 0 Å². The van der Waals surface area contributed by atoms with E-state index in [-0.39, 0.29) is 17.2 Å². The standard InChI is InChI=1S/C15H18N4O2S2/c1-9-6-12(20)19-15(17-9)22-8-13(21)16-7-14-18-10-4-2-3-5-11(10)23-14/h6H,2-5,7-8H2,1H3,(H,16,21)(H,17,19,20). The summed E-state index contributed by atoms with van der Waals surface area (Å²) >= 11 is 2.93. The highest BCUT2D eigenvalue weighted by atomic mass is 32.2. The highest BCUT2D eigenvalue weighted by Gasteiger charge is 2.15. The van der Waals surface area contributed by atoms with Gasteiger partial charge < -0.3 is 10.3 Å². The van der Waals surface area contributed by atoms with Crippen LogP contribution in [0.1, 0.15) is 34.1 Å². The molecule has 2 heterocycles. The molecule has 1 aliphatic carbocycles. The third-order valence-corrected chi connectivity index (χ3v) is 5.55. The third-order valence-electron chi connectivity index (χ3n) is 3.51. The number of carbonyl (C=O) groups is 1. The number of aromatic amines is 1. The maximum atomic E-state index is 11.9. The molecule has 0 bridgehead atoms. The van der Waals surface area contributed by atoms with Crippen molar-refractivity contribution in [3.05, 3.63) is 37.7 Å². The fourth-order valence-corrected chi connectivity index (χ4v) is 4.31. The molecule has 0 radical (unpaired) electrons. The van der Waals surface area contributed by atoms with Crippen LogP contribution in [0, 0.1) is 6.92 Å². The molecule has 0 aliphatic heterocycles. The summed E-state index contributed by atoms with van der Waals surface area (Å²) in [4.78, 5) is 36.0. The van der Waals surface area contributed by atoms with E-state index in [2.05, 4.69) is 20.3 Å². The maximum absolute atomic E-state index is 11.9. The molecule has 2 aromatic heterocycles. The van der Waals surface area contributed by atoms with Crippen LogP contribution in [0.15, 0.2) is 16.0 Å². The summed E-state index contributed by atoms with van der Waals surface area (Å²) in [6.45, 7) is 2.22. The summed E-state index contributed by atoms with van der Waals surface area (Å²) in [5.74, 6) is 0.129. The molecule has 6 nitrogen and oxygen atoms in total. The summed E-state index contributed by atoms with van der Waals surface area (Å²) in [7, 11) is 0. The molecule has 2 aromatic rings. The summed E-state index contributed by atoms with van der Waals surface area (Å²) in [5, 5.41) is 4.31. The van der Waals surface area contributed by atoms with E-state index in [1.54, 1.807) is 18.3 Å². The molecule has 0 saturated carbocycles. The lowest BCUT2D eigenvalue weighted by molar-refractivity contribution is -0.118. The lowest BCUT2D eigenvalue weighted by Crippen LogP contribution is -2.24. The van der Waals surface area contributed by atoms with Gasteiger partial charge in [0.25, 0.3) is 5.56 Å². The number of aryl methyl sites for hydroxylation is 3. The number of nitrogens with zero attached hydrogens (tertiary/aromatic N) is 2. The van der Waals surface area contributed by atoms with E-state index in [1.807, 2.05) is 0 Å². The molecule has 0 aromatic carbocycles. The van der Waals surface area contributed by atoms with E-state index in [9.17, 15) is 9.59 Å². The fraction of sp³-hybridized carbons (Fsp3) is 0.467. The molecule has 0 unspecified atom stereocenters. The minimum Gasteiger partial charge on any atom is -0.349 e. The van der Waals surface area contributed by atoms with Gasteiger partial charge >= 0.3 is 0 Å². The Morgan fingerprint density at radius 2 is 2.22 bits per heavy atom. The third kappa shape index (κ3) is 4.42. The summed E-state index contributed by atoms with van der Waals surface area (Å²) in [6.07, 6.45) is 4.62. The van der Waals surface area contributed by atoms with Crippen LogP contribution in [-0.2, 0) is 24.2 Å². The number of fused-ring (bicyclic) bond motifs is 1. The van der Waals surface area contributed by atoms with Gasteiger partial charge in [-0.1, -0.05) is 11.8 Å². The van der Waals surface area contributed by atoms with E-state index in [0.717, 1.165) is 17.8 Å². The summed E-state index contributed by atoms with van der Waals surface area (Å²) in [6, 6.07) is 1.42. The number of aromatic nitrogens is 3. The van der Waals surface area contributed by atoms with Crippen molar-refractivity contribution in [2.24, 2.45) is 0 Å². The highest BCUT2D eigenvalue weighted by molar-refractivity contribution is 7.99. The van der Waals surface area contributed by atoms with E-state index in [1.165, 1.54) is 41.2 Å². The molecule has 3 rings (SSSR count). The van der Waals surface area contributed by atoms with Crippen molar-refractivity contribution >= 4 is 29.0 Å². The van der Waals surface area contributed by atoms with Gasteiger partial charge in [0.05, 0.1) is 18.0 Å². The van der Waals surface area contributed by atoms with Gasteiger partial charge in [-0.05, 0) is 32.6 Å². The Labute approximate surface area is 142 Å². The Balaban J connectivity index is 1.49. The number of H-pyrrole nitrogens is 1. The first kappa shape index (κ1) is 16.2. The molecule has 1 amide bonds. The van der Waals surface area contributed by atoms with Crippen LogP contribution in [0.25, 0.3) is 0 Å². The smallest absolute Gasteiger partial charge is 0.251 e. The molecular formula is C15H18N4O2S2. The zero-order valence-electron chi connectivity index (χ0n) is 12.8. The molecule has 0 spiro atoms. The lowest BCUT2D eigenvalue weighted by Gasteiger charge is -2.06. The second kappa shape index (κ2) is 7.27. The van der Waals surface area contributed by atoms with Gasteiger partial charge in [-0.25, -0.2) is 9.97 Å². The normalized spacial score (nSPS) is 13.6. The van der Waals surface area contributed by atoms with Crippen LogP contribution in [-0.4, -0.2) is 26.6 Å². The Hall–Kier alpha value is -1.67. The van der Waals surface area contributed by atoms with Gasteiger partial charge in [0.2, 0.25) is 5.91 Å². The SMILES string of the molecule is Cc1cc(=O)[nH]c(SCC(=O)NCc2nc3c(s2)CCCC3)n1. The fourth-order valence-electron chi connectivity index (χ4n) is 2.46. The van der Waals surface area contributed by atoms with Crippen molar-refractivity contribution in [2.45, 2.75) is 44.3 Å². The molecule has 8 heteroatoms. The first-order valence-electron chi connectivity index (χ1n) is 7.55. The van der Waals surface area contributed by atoms with Gasteiger partial charge in [0.15, 0.2) is 5.16 Å². The maximum Gasteiger partial charge on any atom is 0.251 e. The van der Waals surface area contributed by atoms with Crippen LogP contribution >= 0.6 is 23.1 Å². The Kier molecular flexibility index (Phi) is 5.12. The average Bonchev–Trinajstić information content (AvgIpc) is 2.93. The number of hydrogen-bond acceptors (Lipinski definition) is 6. The number of thioether (sulfide) groups is 1. The largest absolute Gasteiger partial charge is 0.349 e. The zero-order valence-corrected chi connectivity index (χ0v) is 14.5. The number of nitrogens with one attached hydrogen (secondary N) is 2. The van der Waals surface area contributed by atoms with Crippen LogP contribution in [0.4, 0.5) is 0 Å². The van der Waals surface area contributed by atoms with Crippen LogP contribution in [0.2, 0.25) is 0 Å². The monoisotopic (exact) mass is 350 g/mol. The Morgan fingerprint density at radius 1 is 1.39 bits per heavy atom. The predicted octanol–water partition coefficient (Wildman–Crippen LogP) is 1.82. The molecule has 0 fully saturated rings. The van der Waals surface area contributed by atoms with E-state index >= 15 is 0 Å². The second-order valence-electron chi connectivity index (χ2n) is 5.44. The minimum absolute atomic E-state index is 0.0904. The van der Waals surface area contributed by atoms with Crippen molar-refractivity contribution in [1.82, 2.24) is 20.3 Å². The topological polar surface area (TPSA) is 87.7 Å². The van der Waals surface area contributed by atoms with Gasteiger partial charge in [-0.15, -0.1) is 11.3 Å². The highest BCUT2D eigenvalue weighted by Crippen LogP contribution is 2.26. The van der Waals surface area contributed by atoms with Crippen molar-refractivity contribution < 1.29 is 4.79 Å². The number of rotatable bonds is 5. The second-order valence-corrected chi connectivity index (χ2v) is 7.57. The summed E-state index contributed by atoms with van der Waals surface area (Å²) in [5.41, 5.74) is 1.65. The molecule has 2 N–H and O–H groups in total. The van der Waals surface area contributed by atoms with Gasteiger partial charge in [-0.3, -0.25) is 9.59 Å². The van der Waals surface area contributed by atoms with E-state index in [0.29, 0.717) is 17.4 Å². The van der Waals surface area contributed by atoms with Crippen LogP contribution in [0.5, 0.6) is 0 Å².